The Hall–Kier alpha value is -0.410. The zero-order valence-corrected chi connectivity index (χ0v) is 8.32. The monoisotopic (exact) mass is 199 g/mol. The third kappa shape index (κ3) is 2.09. The summed E-state index contributed by atoms with van der Waals surface area (Å²) in [5.74, 6) is 0.232. The molecule has 3 heteroatoms. The maximum Gasteiger partial charge on any atom is 0.129 e. The molecule has 2 rings (SSSR count). The summed E-state index contributed by atoms with van der Waals surface area (Å²) in [4.78, 5) is 0. The quantitative estimate of drug-likeness (QED) is 0.772. The molecular weight excluding hydrogens is 185 g/mol. The van der Waals surface area contributed by atoms with Gasteiger partial charge < -0.3 is 5.32 Å². The lowest BCUT2D eigenvalue weighted by Crippen LogP contribution is -2.29. The molecule has 1 aliphatic rings. The highest BCUT2D eigenvalue weighted by atomic mass is 32.1. The van der Waals surface area contributed by atoms with Gasteiger partial charge in [-0.05, 0) is 54.2 Å². The number of halogens is 1. The molecule has 0 saturated carbocycles. The van der Waals surface area contributed by atoms with Crippen LogP contribution in [0, 0.1) is 5.92 Å². The van der Waals surface area contributed by atoms with Crippen molar-refractivity contribution in [1.82, 2.24) is 5.32 Å². The molecule has 1 N–H and O–H groups in total. The predicted octanol–water partition coefficient (Wildman–Crippen LogP) is 2.76. The lowest BCUT2D eigenvalue weighted by Gasteiger charge is -2.25. The van der Waals surface area contributed by atoms with E-state index in [1.165, 1.54) is 0 Å². The number of rotatable bonds is 2. The van der Waals surface area contributed by atoms with Crippen LogP contribution >= 0.6 is 11.3 Å². The Morgan fingerprint density at radius 3 is 2.85 bits per heavy atom. The number of hydrogen-bond donors (Lipinski definition) is 1. The fourth-order valence-corrected chi connectivity index (χ4v) is 2.52. The summed E-state index contributed by atoms with van der Waals surface area (Å²) in [6.07, 6.45) is 1.20. The van der Waals surface area contributed by atoms with E-state index in [9.17, 15) is 4.39 Å². The first-order valence-corrected chi connectivity index (χ1v) is 5.69. The van der Waals surface area contributed by atoms with Crippen molar-refractivity contribution in [3.63, 3.8) is 0 Å². The van der Waals surface area contributed by atoms with Crippen LogP contribution in [0.4, 0.5) is 4.39 Å². The molecule has 0 bridgehead atoms. The fraction of sp³-hybridized carbons (Fsp3) is 0.600. The molecule has 0 aromatic carbocycles. The summed E-state index contributed by atoms with van der Waals surface area (Å²) in [5, 5.41) is 7.12. The van der Waals surface area contributed by atoms with Crippen LogP contribution in [0.15, 0.2) is 16.8 Å². The second-order valence-corrected chi connectivity index (χ2v) is 4.33. The van der Waals surface area contributed by atoms with Crippen molar-refractivity contribution >= 4 is 11.3 Å². The average molecular weight is 199 g/mol. The molecule has 1 fully saturated rings. The largest absolute Gasteiger partial charge is 0.317 e. The summed E-state index contributed by atoms with van der Waals surface area (Å²) >= 11 is 1.58. The van der Waals surface area contributed by atoms with Gasteiger partial charge in [-0.2, -0.15) is 11.3 Å². The molecule has 13 heavy (non-hydrogen) atoms. The summed E-state index contributed by atoms with van der Waals surface area (Å²) in [6.45, 7) is 1.93. The minimum Gasteiger partial charge on any atom is -0.317 e. The molecule has 72 valence electrons. The number of piperidine rings is 1. The molecule has 1 aromatic rings. The maximum atomic E-state index is 13.8. The van der Waals surface area contributed by atoms with E-state index in [-0.39, 0.29) is 5.92 Å². The SMILES string of the molecule is FC(c1ccsc1)C1CCNCC1. The Kier molecular flexibility index (Phi) is 2.96. The highest BCUT2D eigenvalue weighted by molar-refractivity contribution is 7.07. The summed E-state index contributed by atoms with van der Waals surface area (Å²) in [6, 6.07) is 1.90. The average Bonchev–Trinajstić information content (AvgIpc) is 2.71. The van der Waals surface area contributed by atoms with Crippen LogP contribution in [0.1, 0.15) is 24.6 Å². The van der Waals surface area contributed by atoms with Crippen molar-refractivity contribution in [3.05, 3.63) is 22.4 Å². The van der Waals surface area contributed by atoms with Crippen molar-refractivity contribution in [2.75, 3.05) is 13.1 Å². The van der Waals surface area contributed by atoms with Crippen molar-refractivity contribution in [2.45, 2.75) is 19.0 Å². The van der Waals surface area contributed by atoms with Gasteiger partial charge in [-0.15, -0.1) is 0 Å². The van der Waals surface area contributed by atoms with Gasteiger partial charge in [0.2, 0.25) is 0 Å². The van der Waals surface area contributed by atoms with E-state index in [2.05, 4.69) is 5.32 Å². The van der Waals surface area contributed by atoms with E-state index < -0.39 is 6.17 Å². The van der Waals surface area contributed by atoms with Gasteiger partial charge in [0.05, 0.1) is 0 Å². The van der Waals surface area contributed by atoms with Crippen LogP contribution in [0.25, 0.3) is 0 Å². The Balaban J connectivity index is 1.99. The van der Waals surface area contributed by atoms with E-state index in [1.54, 1.807) is 11.3 Å². The summed E-state index contributed by atoms with van der Waals surface area (Å²) < 4.78 is 13.8. The molecule has 1 nitrogen and oxygen atoms in total. The van der Waals surface area contributed by atoms with Crippen LogP contribution in [0.5, 0.6) is 0 Å². The first-order chi connectivity index (χ1) is 6.38. The minimum atomic E-state index is -0.742. The topological polar surface area (TPSA) is 12.0 Å². The third-order valence-corrected chi connectivity index (χ3v) is 3.36. The molecule has 1 aliphatic heterocycles. The molecule has 0 spiro atoms. The van der Waals surface area contributed by atoms with Gasteiger partial charge in [-0.1, -0.05) is 0 Å². The van der Waals surface area contributed by atoms with Gasteiger partial charge in [0, 0.05) is 0 Å². The molecule has 2 heterocycles. The summed E-state index contributed by atoms with van der Waals surface area (Å²) in [5.41, 5.74) is 0.872. The van der Waals surface area contributed by atoms with Crippen LogP contribution in [-0.2, 0) is 0 Å². The lowest BCUT2D eigenvalue weighted by atomic mass is 9.90. The molecule has 0 radical (unpaired) electrons. The Labute approximate surface area is 82.0 Å². The fourth-order valence-electron chi connectivity index (χ4n) is 1.84. The molecule has 0 amide bonds. The first-order valence-electron chi connectivity index (χ1n) is 4.75. The second-order valence-electron chi connectivity index (χ2n) is 3.55. The van der Waals surface area contributed by atoms with Crippen LogP contribution < -0.4 is 5.32 Å². The number of hydrogen-bond acceptors (Lipinski definition) is 2. The van der Waals surface area contributed by atoms with E-state index in [4.69, 9.17) is 0 Å². The minimum absolute atomic E-state index is 0.232. The Bertz CT molecular complexity index is 241. The molecule has 1 atom stereocenters. The smallest absolute Gasteiger partial charge is 0.129 e. The van der Waals surface area contributed by atoms with E-state index in [0.29, 0.717) is 0 Å². The number of thiophene rings is 1. The predicted molar refractivity (Wildman–Crippen MR) is 53.8 cm³/mol. The maximum absolute atomic E-state index is 13.8. The van der Waals surface area contributed by atoms with Crippen molar-refractivity contribution in [3.8, 4) is 0 Å². The van der Waals surface area contributed by atoms with E-state index in [0.717, 1.165) is 31.5 Å². The third-order valence-electron chi connectivity index (χ3n) is 2.66. The van der Waals surface area contributed by atoms with Crippen molar-refractivity contribution in [2.24, 2.45) is 5.92 Å². The van der Waals surface area contributed by atoms with Crippen molar-refractivity contribution < 1.29 is 4.39 Å². The standard InChI is InChI=1S/C10H14FNS/c11-10(9-3-6-13-7-9)8-1-4-12-5-2-8/h3,6-8,10,12H,1-2,4-5H2. The molecular formula is C10H14FNS. The van der Waals surface area contributed by atoms with E-state index in [1.807, 2.05) is 16.8 Å². The Morgan fingerprint density at radius 1 is 1.46 bits per heavy atom. The first kappa shape index (κ1) is 9.16. The molecule has 1 aromatic heterocycles. The summed E-state index contributed by atoms with van der Waals surface area (Å²) in [7, 11) is 0. The van der Waals surface area contributed by atoms with E-state index >= 15 is 0 Å². The van der Waals surface area contributed by atoms with Crippen molar-refractivity contribution in [1.29, 1.82) is 0 Å². The van der Waals surface area contributed by atoms with Gasteiger partial charge in [-0.3, -0.25) is 0 Å². The van der Waals surface area contributed by atoms with Crippen LogP contribution in [0.2, 0.25) is 0 Å². The zero-order valence-electron chi connectivity index (χ0n) is 7.50. The van der Waals surface area contributed by atoms with Gasteiger partial charge in [0.15, 0.2) is 0 Å². The van der Waals surface area contributed by atoms with Gasteiger partial charge >= 0.3 is 0 Å². The van der Waals surface area contributed by atoms with Gasteiger partial charge in [0.25, 0.3) is 0 Å². The highest BCUT2D eigenvalue weighted by Crippen LogP contribution is 2.32. The molecule has 0 aliphatic carbocycles. The lowest BCUT2D eigenvalue weighted by molar-refractivity contribution is 0.191. The second kappa shape index (κ2) is 4.20. The zero-order chi connectivity index (χ0) is 9.10. The van der Waals surface area contributed by atoms with Crippen LogP contribution in [-0.4, -0.2) is 13.1 Å². The van der Waals surface area contributed by atoms with Gasteiger partial charge in [-0.25, -0.2) is 4.39 Å². The Morgan fingerprint density at radius 2 is 2.23 bits per heavy atom. The molecule has 1 unspecified atom stereocenters. The van der Waals surface area contributed by atoms with Gasteiger partial charge in [0.1, 0.15) is 6.17 Å². The number of alkyl halides is 1. The number of nitrogens with one attached hydrogen (secondary N) is 1. The normalized spacial score (nSPS) is 21.6. The van der Waals surface area contributed by atoms with Crippen LogP contribution in [0.3, 0.4) is 0 Å². The highest BCUT2D eigenvalue weighted by Gasteiger charge is 2.24. The molecule has 1 saturated heterocycles.